The van der Waals surface area contributed by atoms with E-state index in [4.69, 9.17) is 0 Å². The summed E-state index contributed by atoms with van der Waals surface area (Å²) in [6.45, 7) is 5.86. The summed E-state index contributed by atoms with van der Waals surface area (Å²) in [5.74, 6) is -0.281. The Morgan fingerprint density at radius 3 is 2.38 bits per heavy atom. The number of carbonyl (C=O) groups excluding carboxylic acids is 1. The maximum Gasteiger partial charge on any atom is 0.251 e. The molecule has 29 heavy (non-hydrogen) atoms. The first-order valence-electron chi connectivity index (χ1n) is 9.34. The van der Waals surface area contributed by atoms with Crippen LogP contribution >= 0.6 is 0 Å². The van der Waals surface area contributed by atoms with E-state index in [1.807, 2.05) is 48.9 Å². The molecule has 2 aromatic carbocycles. The largest absolute Gasteiger partial charge is 0.345 e. The van der Waals surface area contributed by atoms with Crippen LogP contribution in [0.5, 0.6) is 0 Å². The molecule has 0 spiro atoms. The molecule has 0 aliphatic rings. The van der Waals surface area contributed by atoms with E-state index in [-0.39, 0.29) is 16.8 Å². The number of nitrogens with one attached hydrogen (secondary N) is 2. The first kappa shape index (κ1) is 20.8. The average Bonchev–Trinajstić information content (AvgIpc) is 3.10. The topological polar surface area (TPSA) is 93.1 Å². The van der Waals surface area contributed by atoms with Crippen molar-refractivity contribution in [3.8, 4) is 5.69 Å². The van der Waals surface area contributed by atoms with Crippen LogP contribution in [-0.4, -0.2) is 30.7 Å². The fraction of sp³-hybridized carbons (Fsp3) is 0.238. The summed E-state index contributed by atoms with van der Waals surface area (Å²) in [6.07, 6.45) is 1.75. The van der Waals surface area contributed by atoms with Gasteiger partial charge in [0.15, 0.2) is 0 Å². The summed E-state index contributed by atoms with van der Waals surface area (Å²) >= 11 is 0. The van der Waals surface area contributed by atoms with Gasteiger partial charge in [0, 0.05) is 23.4 Å². The first-order valence-corrected chi connectivity index (χ1v) is 10.8. The highest BCUT2D eigenvalue weighted by Gasteiger charge is 2.18. The molecule has 1 heterocycles. The predicted octanol–water partition coefficient (Wildman–Crippen LogP) is 2.97. The SMILES string of the molecule is CCNS(=O)(=O)c1ccc(C(=O)NC(C)c2cnn(-c3ccccc3)c2C)cc1. The van der Waals surface area contributed by atoms with Crippen LogP contribution in [0.4, 0.5) is 0 Å². The molecule has 1 unspecified atom stereocenters. The van der Waals surface area contributed by atoms with Crippen molar-refractivity contribution in [1.29, 1.82) is 0 Å². The molecule has 0 aliphatic heterocycles. The van der Waals surface area contributed by atoms with Crippen LogP contribution in [0.1, 0.15) is 41.5 Å². The van der Waals surface area contributed by atoms with Crippen molar-refractivity contribution in [2.75, 3.05) is 6.54 Å². The van der Waals surface area contributed by atoms with Crippen LogP contribution in [0.3, 0.4) is 0 Å². The number of carbonyl (C=O) groups is 1. The average molecular weight is 413 g/mol. The van der Waals surface area contributed by atoms with Crippen LogP contribution < -0.4 is 10.0 Å². The highest BCUT2D eigenvalue weighted by atomic mass is 32.2. The monoisotopic (exact) mass is 412 g/mol. The molecule has 0 saturated heterocycles. The van der Waals surface area contributed by atoms with E-state index in [0.717, 1.165) is 16.9 Å². The minimum absolute atomic E-state index is 0.129. The van der Waals surface area contributed by atoms with Crippen LogP contribution in [0, 0.1) is 6.92 Å². The summed E-state index contributed by atoms with van der Waals surface area (Å²) in [5.41, 5.74) is 3.19. The van der Waals surface area contributed by atoms with Crippen LogP contribution in [0.25, 0.3) is 5.69 Å². The fourth-order valence-electron chi connectivity index (χ4n) is 3.09. The van der Waals surface area contributed by atoms with Crippen molar-refractivity contribution in [3.05, 3.63) is 77.6 Å². The van der Waals surface area contributed by atoms with E-state index >= 15 is 0 Å². The van der Waals surface area contributed by atoms with Gasteiger partial charge in [-0.05, 0) is 50.2 Å². The molecule has 0 bridgehead atoms. The smallest absolute Gasteiger partial charge is 0.251 e. The molecule has 2 N–H and O–H groups in total. The molecule has 0 radical (unpaired) electrons. The van der Waals surface area contributed by atoms with Gasteiger partial charge in [0.05, 0.1) is 22.8 Å². The molecular weight excluding hydrogens is 388 g/mol. The third kappa shape index (κ3) is 4.55. The molecule has 7 nitrogen and oxygen atoms in total. The van der Waals surface area contributed by atoms with Gasteiger partial charge in [0.25, 0.3) is 5.91 Å². The number of hydrogen-bond donors (Lipinski definition) is 2. The van der Waals surface area contributed by atoms with Crippen molar-refractivity contribution in [1.82, 2.24) is 19.8 Å². The van der Waals surface area contributed by atoms with Crippen molar-refractivity contribution >= 4 is 15.9 Å². The molecule has 3 rings (SSSR count). The maximum absolute atomic E-state index is 12.6. The second-order valence-corrected chi connectivity index (χ2v) is 8.42. The number of aromatic nitrogens is 2. The van der Waals surface area contributed by atoms with Crippen LogP contribution in [-0.2, 0) is 10.0 Å². The molecule has 1 atom stereocenters. The number of benzene rings is 2. The summed E-state index contributed by atoms with van der Waals surface area (Å²) < 4.78 is 28.3. The highest BCUT2D eigenvalue weighted by Crippen LogP contribution is 2.20. The van der Waals surface area contributed by atoms with Gasteiger partial charge >= 0.3 is 0 Å². The fourth-order valence-corrected chi connectivity index (χ4v) is 4.13. The van der Waals surface area contributed by atoms with E-state index in [2.05, 4.69) is 15.1 Å². The zero-order valence-electron chi connectivity index (χ0n) is 16.6. The van der Waals surface area contributed by atoms with Crippen molar-refractivity contribution < 1.29 is 13.2 Å². The summed E-state index contributed by atoms with van der Waals surface area (Å²) in [4.78, 5) is 12.7. The Bertz CT molecular complexity index is 1090. The van der Waals surface area contributed by atoms with Gasteiger partial charge < -0.3 is 5.32 Å². The number of nitrogens with zero attached hydrogens (tertiary/aromatic N) is 2. The van der Waals surface area contributed by atoms with E-state index < -0.39 is 10.0 Å². The van der Waals surface area contributed by atoms with Gasteiger partial charge in [-0.1, -0.05) is 25.1 Å². The third-order valence-corrected chi connectivity index (χ3v) is 6.19. The molecule has 1 amide bonds. The summed E-state index contributed by atoms with van der Waals surface area (Å²) in [6, 6.07) is 15.4. The zero-order valence-corrected chi connectivity index (χ0v) is 17.4. The molecule has 0 fully saturated rings. The van der Waals surface area contributed by atoms with Crippen molar-refractivity contribution in [2.24, 2.45) is 0 Å². The molecule has 152 valence electrons. The molecule has 0 saturated carbocycles. The van der Waals surface area contributed by atoms with E-state index in [0.29, 0.717) is 12.1 Å². The molecule has 1 aromatic heterocycles. The lowest BCUT2D eigenvalue weighted by Gasteiger charge is -2.14. The third-order valence-electron chi connectivity index (χ3n) is 4.62. The van der Waals surface area contributed by atoms with Crippen LogP contribution in [0.2, 0.25) is 0 Å². The first-order chi connectivity index (χ1) is 13.8. The van der Waals surface area contributed by atoms with Crippen LogP contribution in [0.15, 0.2) is 65.7 Å². The minimum Gasteiger partial charge on any atom is -0.345 e. The van der Waals surface area contributed by atoms with Crippen molar-refractivity contribution in [2.45, 2.75) is 31.7 Å². The standard InChI is InChI=1S/C21H24N4O3S/c1-4-23-29(27,28)19-12-10-17(11-13-19)21(26)24-15(2)20-14-22-25(16(20)3)18-8-6-5-7-9-18/h5-15,23H,4H2,1-3H3,(H,24,26). The Hall–Kier alpha value is -2.97. The van der Waals surface area contributed by atoms with Gasteiger partial charge in [-0.25, -0.2) is 17.8 Å². The van der Waals surface area contributed by atoms with Gasteiger partial charge in [0.1, 0.15) is 0 Å². The molecule has 8 heteroatoms. The quantitative estimate of drug-likeness (QED) is 0.624. The normalized spacial score (nSPS) is 12.5. The second-order valence-electron chi connectivity index (χ2n) is 6.65. The zero-order chi connectivity index (χ0) is 21.0. The van der Waals surface area contributed by atoms with Gasteiger partial charge in [-0.2, -0.15) is 5.10 Å². The van der Waals surface area contributed by atoms with Crippen molar-refractivity contribution in [3.63, 3.8) is 0 Å². The van der Waals surface area contributed by atoms with Gasteiger partial charge in [-0.15, -0.1) is 0 Å². The lowest BCUT2D eigenvalue weighted by molar-refractivity contribution is 0.0939. The van der Waals surface area contributed by atoms with Gasteiger partial charge in [-0.3, -0.25) is 4.79 Å². The summed E-state index contributed by atoms with van der Waals surface area (Å²) in [5, 5.41) is 7.38. The maximum atomic E-state index is 12.6. The van der Waals surface area contributed by atoms with E-state index in [1.165, 1.54) is 24.3 Å². The van der Waals surface area contributed by atoms with E-state index in [9.17, 15) is 13.2 Å². The Balaban J connectivity index is 1.74. The number of rotatable bonds is 7. The number of para-hydroxylation sites is 1. The predicted molar refractivity (Wildman–Crippen MR) is 111 cm³/mol. The number of amides is 1. The summed E-state index contributed by atoms with van der Waals surface area (Å²) in [7, 11) is -3.54. The second kappa shape index (κ2) is 8.59. The number of hydrogen-bond acceptors (Lipinski definition) is 4. The Morgan fingerprint density at radius 1 is 1.10 bits per heavy atom. The lowest BCUT2D eigenvalue weighted by Crippen LogP contribution is -2.27. The molecular formula is C21H24N4O3S. The number of sulfonamides is 1. The molecule has 3 aromatic rings. The Labute approximate surface area is 170 Å². The van der Waals surface area contributed by atoms with Gasteiger partial charge in [0.2, 0.25) is 10.0 Å². The Morgan fingerprint density at radius 2 is 1.76 bits per heavy atom. The van der Waals surface area contributed by atoms with E-state index in [1.54, 1.807) is 13.1 Å². The Kier molecular flexibility index (Phi) is 6.14. The minimum atomic E-state index is -3.54. The highest BCUT2D eigenvalue weighted by molar-refractivity contribution is 7.89. The lowest BCUT2D eigenvalue weighted by atomic mass is 10.1. The molecule has 0 aliphatic carbocycles.